The molecular weight excluding hydrogens is 480 g/mol. The molecule has 0 fully saturated rings. The van der Waals surface area contributed by atoms with Crippen LogP contribution in [0.15, 0.2) is 0 Å². The molecule has 0 atom stereocenters. The predicted octanol–water partition coefficient (Wildman–Crippen LogP) is -15.4. The standard InChI is InChI=1S/3O4Si.4V/c3*1-5(2,3)4;;;;/q3*-4;;;;. The third-order valence-corrected chi connectivity index (χ3v) is 0. The molecule has 0 aliphatic carbocycles. The molecule has 0 rings (SSSR count). The molecule has 0 saturated heterocycles. The summed E-state index contributed by atoms with van der Waals surface area (Å²) >= 11 is 0. The van der Waals surface area contributed by atoms with Crippen LogP contribution in [0.25, 0.3) is 0 Å². The van der Waals surface area contributed by atoms with Crippen LogP contribution in [0.3, 0.4) is 0 Å². The van der Waals surface area contributed by atoms with Gasteiger partial charge in [0.15, 0.2) is 0 Å². The molecule has 0 aromatic heterocycles. The second-order valence-corrected chi connectivity index (χ2v) is 4.50. The van der Waals surface area contributed by atoms with Crippen molar-refractivity contribution < 1.29 is 132 Å². The Labute approximate surface area is 158 Å². The SMILES string of the molecule is [O-][Si]([O-])([O-])[O-].[O-][Si]([O-])([O-])[O-].[O-][Si]([O-])([O-])[O-].[V].[V].[V].[V]. The average molecular weight is 480 g/mol. The van der Waals surface area contributed by atoms with E-state index < -0.39 is 27.1 Å². The Balaban J connectivity index is -0.0000000206. The van der Waals surface area contributed by atoms with Crippen molar-refractivity contribution in [3.8, 4) is 0 Å². The molecular formula is O12Si3V4-12. The van der Waals surface area contributed by atoms with Gasteiger partial charge >= 0.3 is 0 Å². The van der Waals surface area contributed by atoms with E-state index in [2.05, 4.69) is 0 Å². The first kappa shape index (κ1) is 43.0. The Morgan fingerprint density at radius 2 is 0.263 bits per heavy atom. The van der Waals surface area contributed by atoms with Crippen LogP contribution in [0, 0.1) is 0 Å². The fourth-order valence-corrected chi connectivity index (χ4v) is 0. The van der Waals surface area contributed by atoms with Crippen LogP contribution >= 0.6 is 0 Å². The van der Waals surface area contributed by atoms with Gasteiger partial charge in [0.1, 0.15) is 0 Å². The van der Waals surface area contributed by atoms with Crippen molar-refractivity contribution in [3.63, 3.8) is 0 Å². The smallest absolute Gasteiger partial charge is 0 e. The molecule has 19 heavy (non-hydrogen) atoms. The first-order chi connectivity index (χ1) is 6.00. The van der Waals surface area contributed by atoms with E-state index in [1.54, 1.807) is 0 Å². The monoisotopic (exact) mass is 480 g/mol. The fourth-order valence-electron chi connectivity index (χ4n) is 0. The molecule has 12 nitrogen and oxygen atoms in total. The van der Waals surface area contributed by atoms with Gasteiger partial charge in [-0.05, 0) is 0 Å². The van der Waals surface area contributed by atoms with Gasteiger partial charge in [-0.1, -0.05) is 0 Å². The zero-order valence-electron chi connectivity index (χ0n) is 8.19. The van der Waals surface area contributed by atoms with Crippen LogP contribution in [0.4, 0.5) is 0 Å². The van der Waals surface area contributed by atoms with E-state index >= 15 is 0 Å². The van der Waals surface area contributed by atoms with Crippen LogP contribution in [-0.4, -0.2) is 27.1 Å². The van der Waals surface area contributed by atoms with Gasteiger partial charge in [-0.25, -0.2) is 0 Å². The summed E-state index contributed by atoms with van der Waals surface area (Å²) in [5.74, 6) is 0. The van der Waals surface area contributed by atoms with Crippen LogP contribution in [-0.2, 0) is 74.2 Å². The molecule has 0 unspecified atom stereocenters. The second-order valence-electron chi connectivity index (χ2n) is 1.50. The Morgan fingerprint density at radius 3 is 0.263 bits per heavy atom. The minimum absolute atomic E-state index is 0. The molecule has 0 spiro atoms. The van der Waals surface area contributed by atoms with Gasteiger partial charge in [0.25, 0.3) is 0 Å². The second kappa shape index (κ2) is 18.6. The summed E-state index contributed by atoms with van der Waals surface area (Å²) in [7, 11) is -16.8. The fraction of sp³-hybridized carbons (Fsp3) is 0. The molecule has 0 bridgehead atoms. The van der Waals surface area contributed by atoms with Gasteiger partial charge in [-0.3, -0.25) is 0 Å². The molecule has 0 heterocycles. The first-order valence-corrected chi connectivity index (χ1v) is 7.35. The molecule has 0 aliphatic heterocycles. The molecule has 116 valence electrons. The Kier molecular flexibility index (Phi) is 42.0. The van der Waals surface area contributed by atoms with E-state index in [1.807, 2.05) is 0 Å². The van der Waals surface area contributed by atoms with E-state index in [0.717, 1.165) is 0 Å². The van der Waals surface area contributed by atoms with Crippen LogP contribution in [0.5, 0.6) is 0 Å². The van der Waals surface area contributed by atoms with Gasteiger partial charge in [-0.2, -0.15) is 0 Å². The number of hydrogen-bond donors (Lipinski definition) is 0. The molecule has 0 aliphatic rings. The van der Waals surface area contributed by atoms with Gasteiger partial charge in [0, 0.05) is 74.2 Å². The zero-order valence-corrected chi connectivity index (χ0v) is 16.8. The molecule has 19 heteroatoms. The Bertz CT molecular complexity index is 100.0. The van der Waals surface area contributed by atoms with E-state index in [4.69, 9.17) is 57.5 Å². The predicted molar refractivity (Wildman–Crippen MR) is 17.3 cm³/mol. The van der Waals surface area contributed by atoms with Crippen LogP contribution in [0.2, 0.25) is 0 Å². The van der Waals surface area contributed by atoms with E-state index in [0.29, 0.717) is 0 Å². The molecule has 0 N–H and O–H groups in total. The van der Waals surface area contributed by atoms with Crippen molar-refractivity contribution in [2.45, 2.75) is 0 Å². The van der Waals surface area contributed by atoms with E-state index in [9.17, 15) is 0 Å². The Hall–Kier alpha value is 2.51. The van der Waals surface area contributed by atoms with Gasteiger partial charge in [0.2, 0.25) is 0 Å². The van der Waals surface area contributed by atoms with Crippen molar-refractivity contribution >= 4 is 27.1 Å². The molecule has 4 radical (unpaired) electrons. The molecule has 0 amide bonds. The Morgan fingerprint density at radius 1 is 0.263 bits per heavy atom. The summed E-state index contributed by atoms with van der Waals surface area (Å²) in [6.45, 7) is 0. The molecule has 0 aromatic rings. The van der Waals surface area contributed by atoms with Crippen LogP contribution < -0.4 is 57.5 Å². The summed E-state index contributed by atoms with van der Waals surface area (Å²) < 4.78 is 0. The quantitative estimate of drug-likeness (QED) is 0.292. The third kappa shape index (κ3) is 1120. The van der Waals surface area contributed by atoms with Crippen molar-refractivity contribution in [3.05, 3.63) is 0 Å². The van der Waals surface area contributed by atoms with Gasteiger partial charge < -0.3 is 84.7 Å². The topological polar surface area (TPSA) is 277 Å². The van der Waals surface area contributed by atoms with Gasteiger partial charge in [-0.15, -0.1) is 0 Å². The van der Waals surface area contributed by atoms with Crippen molar-refractivity contribution in [2.75, 3.05) is 0 Å². The van der Waals surface area contributed by atoms with Crippen molar-refractivity contribution in [2.24, 2.45) is 0 Å². The van der Waals surface area contributed by atoms with E-state index in [1.165, 1.54) is 0 Å². The average Bonchev–Trinajstić information content (AvgIpc) is 1.41. The minimum atomic E-state index is -5.61. The zero-order chi connectivity index (χ0) is 13.5. The van der Waals surface area contributed by atoms with Crippen molar-refractivity contribution in [1.82, 2.24) is 0 Å². The summed E-state index contributed by atoms with van der Waals surface area (Å²) in [5, 5.41) is 0. The largest absolute Gasteiger partial charge is 0.894 e. The summed E-state index contributed by atoms with van der Waals surface area (Å²) in [5.41, 5.74) is 0. The first-order valence-electron chi connectivity index (χ1n) is 2.45. The van der Waals surface area contributed by atoms with Crippen LogP contribution in [0.1, 0.15) is 0 Å². The van der Waals surface area contributed by atoms with E-state index in [-0.39, 0.29) is 74.2 Å². The third-order valence-electron chi connectivity index (χ3n) is 0. The summed E-state index contributed by atoms with van der Waals surface area (Å²) in [6, 6.07) is 0. The summed E-state index contributed by atoms with van der Waals surface area (Å²) in [4.78, 5) is 103. The maximum Gasteiger partial charge on any atom is 0 e. The summed E-state index contributed by atoms with van der Waals surface area (Å²) in [6.07, 6.45) is 0. The molecule has 0 aromatic carbocycles. The van der Waals surface area contributed by atoms with Crippen molar-refractivity contribution in [1.29, 1.82) is 0 Å². The number of rotatable bonds is 0. The number of hydrogen-bond acceptors (Lipinski definition) is 12. The maximum atomic E-state index is 8.58. The maximum absolute atomic E-state index is 8.58. The molecule has 0 saturated carbocycles. The van der Waals surface area contributed by atoms with Gasteiger partial charge in [0.05, 0.1) is 0 Å². The minimum Gasteiger partial charge on any atom is -0.894 e. The normalized spacial score (nSPS) is 9.47.